The highest BCUT2D eigenvalue weighted by Gasteiger charge is 2.26. The van der Waals surface area contributed by atoms with Crippen LogP contribution in [0.4, 0.5) is 0 Å². The molecule has 3 aromatic rings. The SMILES string of the molecule is CC(=O)c1cc(Cl)ccc1OCC1CN(C(=O)c2ccc3n[nH]nc3c2)CCO1. The molecular formula is C20H19ClN4O4. The van der Waals surface area contributed by atoms with Crippen LogP contribution in [0, 0.1) is 0 Å². The summed E-state index contributed by atoms with van der Waals surface area (Å²) in [5.41, 5.74) is 2.31. The number of carbonyl (C=O) groups is 2. The van der Waals surface area contributed by atoms with Gasteiger partial charge in [0.2, 0.25) is 0 Å². The van der Waals surface area contributed by atoms with Gasteiger partial charge < -0.3 is 14.4 Å². The van der Waals surface area contributed by atoms with Crippen LogP contribution >= 0.6 is 11.6 Å². The number of carbonyl (C=O) groups excluding carboxylic acids is 2. The van der Waals surface area contributed by atoms with E-state index in [4.69, 9.17) is 21.1 Å². The Morgan fingerprint density at radius 3 is 2.90 bits per heavy atom. The molecule has 2 aromatic carbocycles. The summed E-state index contributed by atoms with van der Waals surface area (Å²) in [5.74, 6) is 0.219. The van der Waals surface area contributed by atoms with Gasteiger partial charge in [0.15, 0.2) is 5.78 Å². The van der Waals surface area contributed by atoms with Gasteiger partial charge in [-0.1, -0.05) is 11.6 Å². The zero-order chi connectivity index (χ0) is 20.4. The molecule has 1 atom stereocenters. The fourth-order valence-corrected chi connectivity index (χ4v) is 3.42. The number of Topliss-reactive ketones (excluding diaryl/α,β-unsaturated/α-hetero) is 1. The zero-order valence-corrected chi connectivity index (χ0v) is 16.5. The first kappa shape index (κ1) is 19.4. The van der Waals surface area contributed by atoms with E-state index in [1.54, 1.807) is 41.3 Å². The van der Waals surface area contributed by atoms with Gasteiger partial charge >= 0.3 is 0 Å². The number of hydrogen-bond donors (Lipinski definition) is 1. The Morgan fingerprint density at radius 1 is 1.24 bits per heavy atom. The van der Waals surface area contributed by atoms with E-state index < -0.39 is 0 Å². The van der Waals surface area contributed by atoms with Crippen LogP contribution in [0.5, 0.6) is 5.75 Å². The highest BCUT2D eigenvalue weighted by Crippen LogP contribution is 2.24. The number of benzene rings is 2. The van der Waals surface area contributed by atoms with Crippen molar-refractivity contribution in [3.63, 3.8) is 0 Å². The molecule has 0 aliphatic carbocycles. The molecule has 2 heterocycles. The maximum Gasteiger partial charge on any atom is 0.254 e. The number of ether oxygens (including phenoxy) is 2. The topological polar surface area (TPSA) is 97.4 Å². The molecule has 1 aliphatic heterocycles. The lowest BCUT2D eigenvalue weighted by atomic mass is 10.1. The Labute approximate surface area is 171 Å². The lowest BCUT2D eigenvalue weighted by molar-refractivity contribution is -0.0401. The molecule has 1 aromatic heterocycles. The minimum Gasteiger partial charge on any atom is -0.490 e. The van der Waals surface area contributed by atoms with Crippen molar-refractivity contribution < 1.29 is 19.1 Å². The van der Waals surface area contributed by atoms with Gasteiger partial charge in [0.25, 0.3) is 5.91 Å². The van der Waals surface area contributed by atoms with Crippen molar-refractivity contribution >= 4 is 34.3 Å². The average molecular weight is 415 g/mol. The van der Waals surface area contributed by atoms with Gasteiger partial charge in [-0.15, -0.1) is 0 Å². The minimum absolute atomic E-state index is 0.0980. The third-order valence-electron chi connectivity index (χ3n) is 4.73. The highest BCUT2D eigenvalue weighted by molar-refractivity contribution is 6.31. The molecule has 8 nitrogen and oxygen atoms in total. The molecule has 1 N–H and O–H groups in total. The predicted molar refractivity (Wildman–Crippen MR) is 106 cm³/mol. The number of amides is 1. The molecule has 0 bridgehead atoms. The van der Waals surface area contributed by atoms with Gasteiger partial charge in [0, 0.05) is 17.1 Å². The summed E-state index contributed by atoms with van der Waals surface area (Å²) >= 11 is 5.96. The van der Waals surface area contributed by atoms with Crippen molar-refractivity contribution in [1.82, 2.24) is 20.3 Å². The number of H-pyrrole nitrogens is 1. The van der Waals surface area contributed by atoms with E-state index in [2.05, 4.69) is 15.4 Å². The first-order chi connectivity index (χ1) is 14.0. The summed E-state index contributed by atoms with van der Waals surface area (Å²) in [6.45, 7) is 2.96. The fraction of sp³-hybridized carbons (Fsp3) is 0.300. The summed E-state index contributed by atoms with van der Waals surface area (Å²) < 4.78 is 11.5. The van der Waals surface area contributed by atoms with Gasteiger partial charge in [0.05, 0.1) is 18.7 Å². The Bertz CT molecular complexity index is 1070. The van der Waals surface area contributed by atoms with Crippen molar-refractivity contribution in [2.24, 2.45) is 0 Å². The summed E-state index contributed by atoms with van der Waals surface area (Å²) in [5, 5.41) is 11.0. The molecule has 1 fully saturated rings. The quantitative estimate of drug-likeness (QED) is 0.645. The molecule has 1 saturated heterocycles. The Morgan fingerprint density at radius 2 is 2.07 bits per heavy atom. The lowest BCUT2D eigenvalue weighted by Gasteiger charge is -2.33. The van der Waals surface area contributed by atoms with Crippen molar-refractivity contribution in [2.45, 2.75) is 13.0 Å². The first-order valence-electron chi connectivity index (χ1n) is 9.16. The Balaban J connectivity index is 1.42. The van der Waals surface area contributed by atoms with Crippen LogP contribution in [0.3, 0.4) is 0 Å². The van der Waals surface area contributed by atoms with Crippen LogP contribution in [0.1, 0.15) is 27.6 Å². The van der Waals surface area contributed by atoms with Crippen LogP contribution in [0.15, 0.2) is 36.4 Å². The molecule has 150 valence electrons. The summed E-state index contributed by atoms with van der Waals surface area (Å²) in [4.78, 5) is 26.4. The van der Waals surface area contributed by atoms with E-state index in [0.29, 0.717) is 52.6 Å². The molecule has 1 unspecified atom stereocenters. The van der Waals surface area contributed by atoms with Gasteiger partial charge in [-0.05, 0) is 43.3 Å². The first-order valence-corrected chi connectivity index (χ1v) is 9.54. The van der Waals surface area contributed by atoms with Crippen LogP contribution in [-0.4, -0.2) is 64.4 Å². The van der Waals surface area contributed by atoms with E-state index in [1.165, 1.54) is 6.92 Å². The van der Waals surface area contributed by atoms with Crippen molar-refractivity contribution in [1.29, 1.82) is 0 Å². The van der Waals surface area contributed by atoms with Crippen molar-refractivity contribution in [3.8, 4) is 5.75 Å². The number of hydrogen-bond acceptors (Lipinski definition) is 6. The summed E-state index contributed by atoms with van der Waals surface area (Å²) in [6.07, 6.45) is -0.307. The normalized spacial score (nSPS) is 16.8. The van der Waals surface area contributed by atoms with Crippen LogP contribution in [-0.2, 0) is 4.74 Å². The van der Waals surface area contributed by atoms with Crippen molar-refractivity contribution in [3.05, 3.63) is 52.5 Å². The second-order valence-electron chi connectivity index (χ2n) is 6.78. The molecule has 9 heteroatoms. The smallest absolute Gasteiger partial charge is 0.254 e. The Kier molecular flexibility index (Phi) is 5.46. The molecular weight excluding hydrogens is 396 g/mol. The third kappa shape index (κ3) is 4.23. The van der Waals surface area contributed by atoms with E-state index in [-0.39, 0.29) is 24.4 Å². The Hall–Kier alpha value is -2.97. The zero-order valence-electron chi connectivity index (χ0n) is 15.7. The highest BCUT2D eigenvalue weighted by atomic mass is 35.5. The maximum absolute atomic E-state index is 12.9. The standard InChI is InChI=1S/C20H19ClN4O4/c1-12(26)16-9-14(21)3-5-19(16)29-11-15-10-25(6-7-28-15)20(27)13-2-4-17-18(8-13)23-24-22-17/h2-5,8-9,15H,6-7,10-11H2,1H3,(H,22,23,24). The second-order valence-corrected chi connectivity index (χ2v) is 7.22. The van der Waals surface area contributed by atoms with Crippen LogP contribution < -0.4 is 4.74 Å². The second kappa shape index (κ2) is 8.18. The molecule has 0 radical (unpaired) electrons. The molecule has 1 amide bonds. The number of nitrogens with zero attached hydrogens (tertiary/aromatic N) is 3. The maximum atomic E-state index is 12.9. The number of ketones is 1. The average Bonchev–Trinajstić information content (AvgIpc) is 3.20. The van der Waals surface area contributed by atoms with E-state index in [0.717, 1.165) is 0 Å². The minimum atomic E-state index is -0.307. The molecule has 0 saturated carbocycles. The van der Waals surface area contributed by atoms with Crippen LogP contribution in [0.25, 0.3) is 11.0 Å². The van der Waals surface area contributed by atoms with Gasteiger partial charge in [-0.2, -0.15) is 15.4 Å². The van der Waals surface area contributed by atoms with Gasteiger partial charge in [-0.25, -0.2) is 0 Å². The number of morpholine rings is 1. The van der Waals surface area contributed by atoms with Crippen molar-refractivity contribution in [2.75, 3.05) is 26.3 Å². The van der Waals surface area contributed by atoms with E-state index >= 15 is 0 Å². The van der Waals surface area contributed by atoms with E-state index in [9.17, 15) is 9.59 Å². The van der Waals surface area contributed by atoms with Gasteiger partial charge in [0.1, 0.15) is 29.5 Å². The molecule has 4 rings (SSSR count). The lowest BCUT2D eigenvalue weighted by Crippen LogP contribution is -2.47. The number of nitrogens with one attached hydrogen (secondary N) is 1. The van der Waals surface area contributed by atoms with Crippen LogP contribution in [0.2, 0.25) is 5.02 Å². The van der Waals surface area contributed by atoms with E-state index in [1.807, 2.05) is 0 Å². The molecule has 1 aliphatic rings. The molecule has 29 heavy (non-hydrogen) atoms. The summed E-state index contributed by atoms with van der Waals surface area (Å²) in [7, 11) is 0. The number of aromatic amines is 1. The number of fused-ring (bicyclic) bond motifs is 1. The predicted octanol–water partition coefficient (Wildman–Crippen LogP) is 2.73. The number of rotatable bonds is 5. The van der Waals surface area contributed by atoms with Gasteiger partial charge in [-0.3, -0.25) is 9.59 Å². The number of halogens is 1. The fourth-order valence-electron chi connectivity index (χ4n) is 3.25. The monoisotopic (exact) mass is 414 g/mol. The summed E-state index contributed by atoms with van der Waals surface area (Å²) in [6, 6.07) is 10.1. The molecule has 0 spiro atoms. The number of aromatic nitrogens is 3. The largest absolute Gasteiger partial charge is 0.490 e. The third-order valence-corrected chi connectivity index (χ3v) is 4.97.